The summed E-state index contributed by atoms with van der Waals surface area (Å²) in [5.41, 5.74) is 3.75. The summed E-state index contributed by atoms with van der Waals surface area (Å²) in [5.74, 6) is 2.95. The quantitative estimate of drug-likeness (QED) is 0.335. The largest absolute Gasteiger partial charge is 0.496 e. The molecule has 0 radical (unpaired) electrons. The van der Waals surface area contributed by atoms with Crippen LogP contribution in [0.15, 0.2) is 78.0 Å². The molecule has 0 unspecified atom stereocenters. The van der Waals surface area contributed by atoms with E-state index in [1.165, 1.54) is 0 Å². The Morgan fingerprint density at radius 1 is 0.968 bits per heavy atom. The standard InChI is InChI=1S/C23H18ClN5OS/c1-30-20-9-5-2-6-17(20)22-27-28-23(29(22)16-12-10-15(24)11-13-16)31-14-21-25-18-7-3-4-8-19(18)26-21/h2-13H,14H2,1H3,(H,25,26). The number of rotatable bonds is 6. The summed E-state index contributed by atoms with van der Waals surface area (Å²) in [7, 11) is 1.65. The highest BCUT2D eigenvalue weighted by atomic mass is 35.5. The van der Waals surface area contributed by atoms with E-state index in [2.05, 4.69) is 20.2 Å². The third-order valence-corrected chi connectivity index (χ3v) is 6.03. The molecule has 0 bridgehead atoms. The van der Waals surface area contributed by atoms with Crippen molar-refractivity contribution in [2.45, 2.75) is 10.9 Å². The molecule has 5 aromatic rings. The number of fused-ring (bicyclic) bond motifs is 1. The third-order valence-electron chi connectivity index (χ3n) is 4.84. The van der Waals surface area contributed by atoms with Gasteiger partial charge in [0, 0.05) is 10.7 Å². The number of hydrogen-bond acceptors (Lipinski definition) is 5. The minimum absolute atomic E-state index is 0.631. The van der Waals surface area contributed by atoms with Crippen LogP contribution in [-0.2, 0) is 5.75 Å². The molecule has 6 nitrogen and oxygen atoms in total. The molecule has 0 amide bonds. The van der Waals surface area contributed by atoms with Crippen molar-refractivity contribution in [2.75, 3.05) is 7.11 Å². The van der Waals surface area contributed by atoms with E-state index in [4.69, 9.17) is 16.3 Å². The van der Waals surface area contributed by atoms with E-state index in [1.54, 1.807) is 18.9 Å². The molecule has 0 spiro atoms. The fraction of sp³-hybridized carbons (Fsp3) is 0.0870. The molecule has 0 fully saturated rings. The Hall–Kier alpha value is -3.29. The number of thioether (sulfide) groups is 1. The number of halogens is 1. The zero-order valence-corrected chi connectivity index (χ0v) is 18.2. The lowest BCUT2D eigenvalue weighted by molar-refractivity contribution is 0.416. The molecule has 3 aromatic carbocycles. The van der Waals surface area contributed by atoms with Gasteiger partial charge in [-0.1, -0.05) is 47.6 Å². The summed E-state index contributed by atoms with van der Waals surface area (Å²) in [4.78, 5) is 8.03. The van der Waals surface area contributed by atoms with Crippen LogP contribution in [0.4, 0.5) is 0 Å². The second kappa shape index (κ2) is 8.45. The average Bonchev–Trinajstić information content (AvgIpc) is 3.42. The molecule has 0 saturated carbocycles. The fourth-order valence-electron chi connectivity index (χ4n) is 3.40. The van der Waals surface area contributed by atoms with E-state index < -0.39 is 0 Å². The zero-order valence-electron chi connectivity index (χ0n) is 16.6. The van der Waals surface area contributed by atoms with Gasteiger partial charge in [-0.2, -0.15) is 0 Å². The van der Waals surface area contributed by atoms with Gasteiger partial charge in [0.1, 0.15) is 11.6 Å². The van der Waals surface area contributed by atoms with Gasteiger partial charge in [-0.3, -0.25) is 4.57 Å². The van der Waals surface area contributed by atoms with Crippen LogP contribution in [0.3, 0.4) is 0 Å². The monoisotopic (exact) mass is 447 g/mol. The van der Waals surface area contributed by atoms with Crippen LogP contribution in [0.2, 0.25) is 5.02 Å². The van der Waals surface area contributed by atoms with Crippen molar-refractivity contribution in [3.05, 3.63) is 83.6 Å². The van der Waals surface area contributed by atoms with Gasteiger partial charge in [-0.15, -0.1) is 10.2 Å². The van der Waals surface area contributed by atoms with E-state index in [0.29, 0.717) is 16.6 Å². The van der Waals surface area contributed by atoms with Crippen molar-refractivity contribution in [3.8, 4) is 22.8 Å². The summed E-state index contributed by atoms with van der Waals surface area (Å²) >= 11 is 7.68. The van der Waals surface area contributed by atoms with Gasteiger partial charge in [0.25, 0.3) is 0 Å². The predicted octanol–water partition coefficient (Wildman–Crippen LogP) is 5.76. The number of nitrogens with zero attached hydrogens (tertiary/aromatic N) is 4. The van der Waals surface area contributed by atoms with Crippen molar-refractivity contribution >= 4 is 34.4 Å². The maximum atomic E-state index is 6.12. The predicted molar refractivity (Wildman–Crippen MR) is 124 cm³/mol. The highest BCUT2D eigenvalue weighted by Gasteiger charge is 2.19. The van der Waals surface area contributed by atoms with Crippen molar-refractivity contribution < 1.29 is 4.74 Å². The van der Waals surface area contributed by atoms with E-state index in [9.17, 15) is 0 Å². The number of para-hydroxylation sites is 3. The maximum Gasteiger partial charge on any atom is 0.196 e. The van der Waals surface area contributed by atoms with E-state index in [1.807, 2.05) is 77.4 Å². The Morgan fingerprint density at radius 3 is 2.55 bits per heavy atom. The lowest BCUT2D eigenvalue weighted by atomic mass is 10.2. The first-order valence-electron chi connectivity index (χ1n) is 9.64. The highest BCUT2D eigenvalue weighted by molar-refractivity contribution is 7.98. The highest BCUT2D eigenvalue weighted by Crippen LogP contribution is 2.34. The summed E-state index contributed by atoms with van der Waals surface area (Å²) in [5, 5.41) is 10.4. The number of imidazole rings is 1. The zero-order chi connectivity index (χ0) is 21.2. The second-order valence-corrected chi connectivity index (χ2v) is 8.19. The summed E-state index contributed by atoms with van der Waals surface area (Å²) in [6.45, 7) is 0. The molecule has 0 aliphatic rings. The Kier molecular flexibility index (Phi) is 5.36. The van der Waals surface area contributed by atoms with E-state index in [0.717, 1.165) is 39.0 Å². The van der Waals surface area contributed by atoms with Gasteiger partial charge in [-0.25, -0.2) is 4.98 Å². The van der Waals surface area contributed by atoms with Crippen LogP contribution in [-0.4, -0.2) is 31.8 Å². The molecule has 8 heteroatoms. The first-order valence-corrected chi connectivity index (χ1v) is 11.0. The van der Waals surface area contributed by atoms with Gasteiger partial charge in [0.05, 0.1) is 29.5 Å². The molecule has 0 aliphatic carbocycles. The normalized spacial score (nSPS) is 11.2. The number of ether oxygens (including phenoxy) is 1. The molecule has 1 N–H and O–H groups in total. The smallest absolute Gasteiger partial charge is 0.196 e. The minimum Gasteiger partial charge on any atom is -0.496 e. The minimum atomic E-state index is 0.631. The third kappa shape index (κ3) is 3.89. The van der Waals surface area contributed by atoms with Gasteiger partial charge >= 0.3 is 0 Å². The number of methoxy groups -OCH3 is 1. The lowest BCUT2D eigenvalue weighted by Gasteiger charge is -2.12. The van der Waals surface area contributed by atoms with Crippen LogP contribution >= 0.6 is 23.4 Å². The van der Waals surface area contributed by atoms with Crippen LogP contribution in [0.25, 0.3) is 28.1 Å². The van der Waals surface area contributed by atoms with Gasteiger partial charge in [-0.05, 0) is 48.5 Å². The van der Waals surface area contributed by atoms with E-state index >= 15 is 0 Å². The Bertz CT molecular complexity index is 1310. The maximum absolute atomic E-state index is 6.12. The first kappa shape index (κ1) is 19.7. The van der Waals surface area contributed by atoms with Crippen LogP contribution in [0.1, 0.15) is 5.82 Å². The molecule has 31 heavy (non-hydrogen) atoms. The number of hydrogen-bond donors (Lipinski definition) is 1. The molecule has 0 aliphatic heterocycles. The average molecular weight is 448 g/mol. The van der Waals surface area contributed by atoms with Gasteiger partial charge in [0.2, 0.25) is 0 Å². The summed E-state index contributed by atoms with van der Waals surface area (Å²) < 4.78 is 7.57. The second-order valence-electron chi connectivity index (χ2n) is 6.81. The number of benzene rings is 3. The molecule has 5 rings (SSSR count). The van der Waals surface area contributed by atoms with Gasteiger partial charge < -0.3 is 9.72 Å². The molecule has 2 heterocycles. The topological polar surface area (TPSA) is 68.6 Å². The van der Waals surface area contributed by atoms with Crippen LogP contribution < -0.4 is 4.74 Å². The first-order chi connectivity index (χ1) is 15.2. The van der Waals surface area contributed by atoms with E-state index in [-0.39, 0.29) is 0 Å². The molecule has 154 valence electrons. The summed E-state index contributed by atoms with van der Waals surface area (Å²) in [6.07, 6.45) is 0. The lowest BCUT2D eigenvalue weighted by Crippen LogP contribution is -2.01. The van der Waals surface area contributed by atoms with Crippen molar-refractivity contribution in [1.29, 1.82) is 0 Å². The number of nitrogens with one attached hydrogen (secondary N) is 1. The van der Waals surface area contributed by atoms with Gasteiger partial charge in [0.15, 0.2) is 11.0 Å². The van der Waals surface area contributed by atoms with Crippen LogP contribution in [0.5, 0.6) is 5.75 Å². The molecule has 0 saturated heterocycles. The van der Waals surface area contributed by atoms with Crippen LogP contribution in [0, 0.1) is 0 Å². The SMILES string of the molecule is COc1ccccc1-c1nnc(SCc2nc3ccccc3[nH]2)n1-c1ccc(Cl)cc1. The molecule has 2 aromatic heterocycles. The number of aromatic nitrogens is 5. The molecular formula is C23H18ClN5OS. The Labute approximate surface area is 188 Å². The molecule has 0 atom stereocenters. The summed E-state index contributed by atoms with van der Waals surface area (Å²) in [6, 6.07) is 23.4. The van der Waals surface area contributed by atoms with Crippen molar-refractivity contribution in [3.63, 3.8) is 0 Å². The van der Waals surface area contributed by atoms with Crippen molar-refractivity contribution in [2.24, 2.45) is 0 Å². The number of H-pyrrole nitrogens is 1. The fourth-order valence-corrected chi connectivity index (χ4v) is 4.35. The van der Waals surface area contributed by atoms with Crippen molar-refractivity contribution in [1.82, 2.24) is 24.7 Å². The Balaban J connectivity index is 1.55. The Morgan fingerprint density at radius 2 is 1.74 bits per heavy atom. The number of aromatic amines is 1. The molecular weight excluding hydrogens is 430 g/mol.